The number of halogens is 2. The minimum atomic E-state index is -0.552. The Morgan fingerprint density at radius 2 is 1.86 bits per heavy atom. The predicted molar refractivity (Wildman–Crippen MR) is 72.4 cm³/mol. The van der Waals surface area contributed by atoms with E-state index in [1.54, 1.807) is 11.6 Å². The van der Waals surface area contributed by atoms with Gasteiger partial charge < -0.3 is 5.32 Å². The average molecular weight is 293 g/mol. The largest absolute Gasteiger partial charge is 0.301 e. The summed E-state index contributed by atoms with van der Waals surface area (Å²) in [5, 5.41) is 14.9. The number of tetrazole rings is 1. The summed E-state index contributed by atoms with van der Waals surface area (Å²) in [5.41, 5.74) is 0.0368. The smallest absolute Gasteiger partial charge is 0.168 e. The first-order chi connectivity index (χ1) is 10.1. The molecule has 1 fully saturated rings. The Kier molecular flexibility index (Phi) is 3.67. The zero-order valence-corrected chi connectivity index (χ0v) is 11.9. The third-order valence-electron chi connectivity index (χ3n) is 3.73. The summed E-state index contributed by atoms with van der Waals surface area (Å²) in [6, 6.07) is 3.56. The SMILES string of the molecule is CC(NC(C)c1nnnn1C1CC1)c1c(F)cccc1F. The summed E-state index contributed by atoms with van der Waals surface area (Å²) in [4.78, 5) is 0. The van der Waals surface area contributed by atoms with Crippen molar-refractivity contribution >= 4 is 0 Å². The van der Waals surface area contributed by atoms with Crippen molar-refractivity contribution in [1.82, 2.24) is 25.5 Å². The van der Waals surface area contributed by atoms with Crippen LogP contribution in [0.2, 0.25) is 0 Å². The fourth-order valence-corrected chi connectivity index (χ4v) is 2.52. The van der Waals surface area contributed by atoms with Gasteiger partial charge in [-0.15, -0.1) is 5.10 Å². The molecule has 0 amide bonds. The van der Waals surface area contributed by atoms with Gasteiger partial charge in [0.1, 0.15) is 11.6 Å². The highest BCUT2D eigenvalue weighted by Crippen LogP contribution is 2.35. The summed E-state index contributed by atoms with van der Waals surface area (Å²) in [5.74, 6) is -0.408. The van der Waals surface area contributed by atoms with Crippen molar-refractivity contribution in [3.8, 4) is 0 Å². The molecule has 112 valence electrons. The summed E-state index contributed by atoms with van der Waals surface area (Å²) in [6.07, 6.45) is 2.14. The van der Waals surface area contributed by atoms with Gasteiger partial charge in [0.2, 0.25) is 0 Å². The van der Waals surface area contributed by atoms with Crippen LogP contribution in [0.15, 0.2) is 18.2 Å². The van der Waals surface area contributed by atoms with Crippen molar-refractivity contribution < 1.29 is 8.78 Å². The second kappa shape index (κ2) is 5.48. The maximum atomic E-state index is 13.8. The zero-order valence-electron chi connectivity index (χ0n) is 11.9. The highest BCUT2D eigenvalue weighted by atomic mass is 19.1. The van der Waals surface area contributed by atoms with E-state index in [2.05, 4.69) is 20.8 Å². The van der Waals surface area contributed by atoms with Crippen LogP contribution in [0.3, 0.4) is 0 Å². The molecule has 1 aliphatic carbocycles. The summed E-state index contributed by atoms with van der Waals surface area (Å²) in [6.45, 7) is 3.61. The molecule has 3 rings (SSSR count). The van der Waals surface area contributed by atoms with Crippen molar-refractivity contribution in [1.29, 1.82) is 0 Å². The van der Waals surface area contributed by atoms with Crippen LogP contribution < -0.4 is 5.32 Å². The molecule has 2 aromatic rings. The molecule has 21 heavy (non-hydrogen) atoms. The van der Waals surface area contributed by atoms with Crippen molar-refractivity contribution in [3.05, 3.63) is 41.2 Å². The molecule has 2 atom stereocenters. The first kappa shape index (κ1) is 14.1. The van der Waals surface area contributed by atoms with Gasteiger partial charge in [-0.2, -0.15) is 0 Å². The van der Waals surface area contributed by atoms with Gasteiger partial charge in [0, 0.05) is 11.6 Å². The third-order valence-corrected chi connectivity index (χ3v) is 3.73. The molecule has 2 unspecified atom stereocenters. The molecule has 0 radical (unpaired) electrons. The van der Waals surface area contributed by atoms with Crippen molar-refractivity contribution in [3.63, 3.8) is 0 Å². The van der Waals surface area contributed by atoms with Gasteiger partial charge in [-0.25, -0.2) is 13.5 Å². The maximum Gasteiger partial charge on any atom is 0.168 e. The van der Waals surface area contributed by atoms with Crippen molar-refractivity contribution in [2.24, 2.45) is 0 Å². The Morgan fingerprint density at radius 3 is 2.48 bits per heavy atom. The van der Waals surface area contributed by atoms with E-state index in [0.29, 0.717) is 11.9 Å². The number of benzene rings is 1. The molecule has 0 spiro atoms. The molecule has 1 N–H and O–H groups in total. The van der Waals surface area contributed by atoms with Gasteiger partial charge in [0.25, 0.3) is 0 Å². The van der Waals surface area contributed by atoms with Gasteiger partial charge >= 0.3 is 0 Å². The Hall–Kier alpha value is -1.89. The van der Waals surface area contributed by atoms with E-state index < -0.39 is 17.7 Å². The number of aromatic nitrogens is 4. The van der Waals surface area contributed by atoms with Crippen LogP contribution >= 0.6 is 0 Å². The van der Waals surface area contributed by atoms with Crippen LogP contribution in [0.25, 0.3) is 0 Å². The number of rotatable bonds is 5. The van der Waals surface area contributed by atoms with E-state index in [1.807, 2.05) is 6.92 Å². The topological polar surface area (TPSA) is 55.6 Å². The van der Waals surface area contributed by atoms with E-state index in [9.17, 15) is 8.78 Å². The zero-order chi connectivity index (χ0) is 15.0. The van der Waals surface area contributed by atoms with E-state index in [1.165, 1.54) is 18.2 Å². The average Bonchev–Trinajstić information content (AvgIpc) is 3.15. The van der Waals surface area contributed by atoms with Gasteiger partial charge in [-0.1, -0.05) is 6.07 Å². The molecule has 1 heterocycles. The lowest BCUT2D eigenvalue weighted by Gasteiger charge is -2.20. The normalized spacial score (nSPS) is 17.7. The monoisotopic (exact) mass is 293 g/mol. The highest BCUT2D eigenvalue weighted by Gasteiger charge is 2.30. The van der Waals surface area contributed by atoms with Gasteiger partial charge in [-0.05, 0) is 49.2 Å². The minimum Gasteiger partial charge on any atom is -0.301 e. The fraction of sp³-hybridized carbons (Fsp3) is 0.500. The van der Waals surface area contributed by atoms with Crippen LogP contribution in [0.5, 0.6) is 0 Å². The Balaban J connectivity index is 1.77. The number of hydrogen-bond donors (Lipinski definition) is 1. The lowest BCUT2D eigenvalue weighted by atomic mass is 10.1. The van der Waals surface area contributed by atoms with Gasteiger partial charge in [0.05, 0.1) is 12.1 Å². The molecular weight excluding hydrogens is 276 g/mol. The highest BCUT2D eigenvalue weighted by molar-refractivity contribution is 5.23. The first-order valence-electron chi connectivity index (χ1n) is 7.05. The standard InChI is InChI=1S/C14H17F2N5/c1-8(13-11(15)4-3-5-12(13)16)17-9(2)14-18-19-20-21(14)10-6-7-10/h3-5,8-10,17H,6-7H2,1-2H3. The van der Waals surface area contributed by atoms with Crippen LogP contribution in [-0.4, -0.2) is 20.2 Å². The molecule has 5 nitrogen and oxygen atoms in total. The molecule has 7 heteroatoms. The van der Waals surface area contributed by atoms with Crippen molar-refractivity contribution in [2.45, 2.75) is 44.8 Å². The summed E-state index contributed by atoms with van der Waals surface area (Å²) >= 11 is 0. The number of nitrogens with one attached hydrogen (secondary N) is 1. The summed E-state index contributed by atoms with van der Waals surface area (Å²) in [7, 11) is 0. The van der Waals surface area contributed by atoms with Crippen LogP contribution in [0.4, 0.5) is 8.78 Å². The molecule has 1 saturated carbocycles. The third kappa shape index (κ3) is 2.78. The van der Waals surface area contributed by atoms with Crippen LogP contribution in [0.1, 0.15) is 56.2 Å². The number of hydrogen-bond acceptors (Lipinski definition) is 4. The molecule has 0 bridgehead atoms. The van der Waals surface area contributed by atoms with Crippen molar-refractivity contribution in [2.75, 3.05) is 0 Å². The quantitative estimate of drug-likeness (QED) is 0.921. The van der Waals surface area contributed by atoms with Crippen LogP contribution in [0, 0.1) is 11.6 Å². The van der Waals surface area contributed by atoms with E-state index >= 15 is 0 Å². The predicted octanol–water partition coefficient (Wildman–Crippen LogP) is 2.70. The lowest BCUT2D eigenvalue weighted by Crippen LogP contribution is -2.26. The Labute approximate surface area is 121 Å². The minimum absolute atomic E-state index is 0.0368. The number of nitrogens with zero attached hydrogens (tertiary/aromatic N) is 4. The van der Waals surface area contributed by atoms with E-state index in [-0.39, 0.29) is 11.6 Å². The fourth-order valence-electron chi connectivity index (χ4n) is 2.52. The Bertz CT molecular complexity index is 618. The van der Waals surface area contributed by atoms with Gasteiger partial charge in [-0.3, -0.25) is 0 Å². The second-order valence-corrected chi connectivity index (χ2v) is 5.46. The molecule has 0 aliphatic heterocycles. The Morgan fingerprint density at radius 1 is 1.19 bits per heavy atom. The lowest BCUT2D eigenvalue weighted by molar-refractivity contribution is 0.422. The van der Waals surface area contributed by atoms with E-state index in [0.717, 1.165) is 12.8 Å². The molecular formula is C14H17F2N5. The molecule has 1 aromatic heterocycles. The van der Waals surface area contributed by atoms with Gasteiger partial charge in [0.15, 0.2) is 5.82 Å². The maximum absolute atomic E-state index is 13.8. The summed E-state index contributed by atoms with van der Waals surface area (Å²) < 4.78 is 29.4. The van der Waals surface area contributed by atoms with E-state index in [4.69, 9.17) is 0 Å². The molecule has 1 aromatic carbocycles. The first-order valence-corrected chi connectivity index (χ1v) is 7.05. The molecule has 1 aliphatic rings. The second-order valence-electron chi connectivity index (χ2n) is 5.46. The molecule has 0 saturated heterocycles. The van der Waals surface area contributed by atoms with Crippen LogP contribution in [-0.2, 0) is 0 Å².